The molecule has 1 N–H and O–H groups in total. The summed E-state index contributed by atoms with van der Waals surface area (Å²) in [6, 6.07) is 4.94. The van der Waals surface area contributed by atoms with E-state index in [1.165, 1.54) is 6.20 Å². The van der Waals surface area contributed by atoms with E-state index in [-0.39, 0.29) is 0 Å². The summed E-state index contributed by atoms with van der Waals surface area (Å²) >= 11 is 0. The Kier molecular flexibility index (Phi) is 1.87. The highest BCUT2D eigenvalue weighted by molar-refractivity contribution is 4.99. The fraction of sp³-hybridized carbons (Fsp3) is 0.286. The van der Waals surface area contributed by atoms with Crippen LogP contribution in [-0.4, -0.2) is 5.11 Å². The molecule has 0 amide bonds. The number of hydrogen-bond acceptors (Lipinski definition) is 2. The largest absolute Gasteiger partial charge is 0.618 e. The van der Waals surface area contributed by atoms with Gasteiger partial charge in [0.15, 0.2) is 6.20 Å². The Bertz CT molecular complexity index is 223. The van der Waals surface area contributed by atoms with E-state index in [0.717, 1.165) is 0 Å². The fourth-order valence-corrected chi connectivity index (χ4v) is 0.765. The standard InChI is InChI=1S/C7H9NO2/c1-6(9)7-4-2-3-5-8(7)10/h2-6,9H,1H3/t6-/m0/s1. The van der Waals surface area contributed by atoms with Crippen molar-refractivity contribution in [3.8, 4) is 0 Å². The summed E-state index contributed by atoms with van der Waals surface area (Å²) in [5.74, 6) is 0. The van der Waals surface area contributed by atoms with Crippen LogP contribution >= 0.6 is 0 Å². The van der Waals surface area contributed by atoms with Crippen LogP contribution in [0.15, 0.2) is 24.4 Å². The van der Waals surface area contributed by atoms with Crippen LogP contribution in [0.1, 0.15) is 18.7 Å². The minimum absolute atomic E-state index is 0.377. The zero-order valence-corrected chi connectivity index (χ0v) is 5.69. The maximum Gasteiger partial charge on any atom is 0.221 e. The number of aromatic nitrogens is 1. The number of nitrogens with zero attached hydrogens (tertiary/aromatic N) is 1. The molecule has 0 aliphatic heterocycles. The molecule has 0 aliphatic carbocycles. The normalized spacial score (nSPS) is 13.0. The van der Waals surface area contributed by atoms with E-state index in [1.54, 1.807) is 25.1 Å². The smallest absolute Gasteiger partial charge is 0.221 e. The molecule has 0 aromatic carbocycles. The predicted octanol–water partition coefficient (Wildman–Crippen LogP) is 0.373. The molecule has 0 saturated heterocycles. The van der Waals surface area contributed by atoms with Crippen molar-refractivity contribution < 1.29 is 9.84 Å². The maximum atomic E-state index is 10.8. The van der Waals surface area contributed by atoms with Gasteiger partial charge in [0.05, 0.1) is 0 Å². The molecular formula is C7H9NO2. The molecule has 10 heavy (non-hydrogen) atoms. The molecule has 0 bridgehead atoms. The second kappa shape index (κ2) is 2.66. The van der Waals surface area contributed by atoms with Crippen LogP contribution in [0.25, 0.3) is 0 Å². The minimum Gasteiger partial charge on any atom is -0.618 e. The Morgan fingerprint density at radius 3 is 2.70 bits per heavy atom. The number of aliphatic hydroxyl groups excluding tert-OH is 1. The molecule has 1 heterocycles. The molecule has 0 spiro atoms. The third-order valence-corrected chi connectivity index (χ3v) is 1.28. The molecule has 1 aromatic rings. The van der Waals surface area contributed by atoms with E-state index in [1.807, 2.05) is 0 Å². The number of rotatable bonds is 1. The molecular weight excluding hydrogens is 130 g/mol. The van der Waals surface area contributed by atoms with Crippen LogP contribution in [-0.2, 0) is 0 Å². The molecule has 1 aromatic heterocycles. The topological polar surface area (TPSA) is 47.2 Å². The van der Waals surface area contributed by atoms with Crippen LogP contribution in [0.4, 0.5) is 0 Å². The third kappa shape index (κ3) is 1.25. The van der Waals surface area contributed by atoms with Crippen LogP contribution in [0.3, 0.4) is 0 Å². The lowest BCUT2D eigenvalue weighted by Crippen LogP contribution is -2.31. The van der Waals surface area contributed by atoms with Crippen LogP contribution < -0.4 is 4.73 Å². The summed E-state index contributed by atoms with van der Waals surface area (Å²) in [7, 11) is 0. The average Bonchev–Trinajstić information content (AvgIpc) is 1.88. The Hall–Kier alpha value is -1.09. The molecule has 0 fully saturated rings. The summed E-state index contributed by atoms with van der Waals surface area (Å²) in [4.78, 5) is 0. The average molecular weight is 139 g/mol. The first-order valence-corrected chi connectivity index (χ1v) is 3.08. The van der Waals surface area contributed by atoms with Crippen molar-refractivity contribution >= 4 is 0 Å². The molecule has 1 rings (SSSR count). The zero-order valence-electron chi connectivity index (χ0n) is 5.69. The van der Waals surface area contributed by atoms with E-state index in [0.29, 0.717) is 10.4 Å². The molecule has 3 nitrogen and oxygen atoms in total. The van der Waals surface area contributed by atoms with Gasteiger partial charge in [-0.3, -0.25) is 0 Å². The zero-order chi connectivity index (χ0) is 7.56. The van der Waals surface area contributed by atoms with Gasteiger partial charge in [-0.1, -0.05) is 0 Å². The van der Waals surface area contributed by atoms with Gasteiger partial charge in [0.25, 0.3) is 0 Å². The van der Waals surface area contributed by atoms with Gasteiger partial charge in [-0.25, -0.2) is 0 Å². The molecule has 54 valence electrons. The highest BCUT2D eigenvalue weighted by Gasteiger charge is 2.08. The molecule has 0 unspecified atom stereocenters. The van der Waals surface area contributed by atoms with Crippen LogP contribution in [0, 0.1) is 5.21 Å². The summed E-state index contributed by atoms with van der Waals surface area (Å²) in [5, 5.41) is 19.8. The molecule has 0 saturated carbocycles. The summed E-state index contributed by atoms with van der Waals surface area (Å²) in [6.07, 6.45) is 0.667. The van der Waals surface area contributed by atoms with E-state index in [9.17, 15) is 5.21 Å². The van der Waals surface area contributed by atoms with Gasteiger partial charge in [-0.2, -0.15) is 4.73 Å². The molecule has 0 aliphatic rings. The van der Waals surface area contributed by atoms with Gasteiger partial charge >= 0.3 is 0 Å². The van der Waals surface area contributed by atoms with Crippen molar-refractivity contribution in [1.82, 2.24) is 0 Å². The quantitative estimate of drug-likeness (QED) is 0.451. The Morgan fingerprint density at radius 2 is 2.30 bits per heavy atom. The van der Waals surface area contributed by atoms with Crippen LogP contribution in [0.5, 0.6) is 0 Å². The third-order valence-electron chi connectivity index (χ3n) is 1.28. The SMILES string of the molecule is C[C@H](O)c1cccc[n+]1[O-]. The number of pyridine rings is 1. The lowest BCUT2D eigenvalue weighted by molar-refractivity contribution is -0.618. The van der Waals surface area contributed by atoms with Gasteiger partial charge in [0, 0.05) is 12.1 Å². The summed E-state index contributed by atoms with van der Waals surface area (Å²) in [6.45, 7) is 1.56. The van der Waals surface area contributed by atoms with Crippen molar-refractivity contribution in [2.24, 2.45) is 0 Å². The second-order valence-corrected chi connectivity index (χ2v) is 2.13. The van der Waals surface area contributed by atoms with Crippen molar-refractivity contribution in [3.63, 3.8) is 0 Å². The first-order valence-electron chi connectivity index (χ1n) is 3.08. The van der Waals surface area contributed by atoms with E-state index < -0.39 is 6.10 Å². The Labute approximate surface area is 59.1 Å². The van der Waals surface area contributed by atoms with Gasteiger partial charge in [-0.05, 0) is 13.0 Å². The van der Waals surface area contributed by atoms with Crippen molar-refractivity contribution in [2.75, 3.05) is 0 Å². The molecule has 0 radical (unpaired) electrons. The van der Waals surface area contributed by atoms with Crippen molar-refractivity contribution in [3.05, 3.63) is 35.3 Å². The van der Waals surface area contributed by atoms with Crippen LogP contribution in [0.2, 0.25) is 0 Å². The lowest BCUT2D eigenvalue weighted by atomic mass is 10.2. The lowest BCUT2D eigenvalue weighted by Gasteiger charge is -2.04. The van der Waals surface area contributed by atoms with Gasteiger partial charge < -0.3 is 10.3 Å². The number of aliphatic hydroxyl groups is 1. The van der Waals surface area contributed by atoms with E-state index >= 15 is 0 Å². The monoisotopic (exact) mass is 139 g/mol. The van der Waals surface area contributed by atoms with E-state index in [2.05, 4.69) is 0 Å². The predicted molar refractivity (Wildman–Crippen MR) is 36.0 cm³/mol. The maximum absolute atomic E-state index is 10.8. The minimum atomic E-state index is -0.696. The molecule has 1 atom stereocenters. The van der Waals surface area contributed by atoms with Crippen molar-refractivity contribution in [1.29, 1.82) is 0 Å². The van der Waals surface area contributed by atoms with Gasteiger partial charge in [-0.15, -0.1) is 0 Å². The highest BCUT2D eigenvalue weighted by Crippen LogP contribution is 2.03. The summed E-state index contributed by atoms with van der Waals surface area (Å²) < 4.78 is 0.657. The summed E-state index contributed by atoms with van der Waals surface area (Å²) in [5.41, 5.74) is 0.377. The van der Waals surface area contributed by atoms with Crippen molar-refractivity contribution in [2.45, 2.75) is 13.0 Å². The second-order valence-electron chi connectivity index (χ2n) is 2.13. The van der Waals surface area contributed by atoms with Gasteiger partial charge in [0.2, 0.25) is 5.69 Å². The highest BCUT2D eigenvalue weighted by atomic mass is 16.5. The first-order chi connectivity index (χ1) is 4.72. The number of hydrogen-bond donors (Lipinski definition) is 1. The Balaban J connectivity index is 3.03. The van der Waals surface area contributed by atoms with E-state index in [4.69, 9.17) is 5.11 Å². The molecule has 3 heteroatoms. The fourth-order valence-electron chi connectivity index (χ4n) is 0.765. The van der Waals surface area contributed by atoms with Gasteiger partial charge in [0.1, 0.15) is 6.10 Å². The Morgan fingerprint density at radius 1 is 1.60 bits per heavy atom. The first kappa shape index (κ1) is 7.02.